The van der Waals surface area contributed by atoms with E-state index in [1.807, 2.05) is 0 Å². The molecule has 4 nitrogen and oxygen atoms in total. The van der Waals surface area contributed by atoms with Gasteiger partial charge in [0.15, 0.2) is 0 Å². The van der Waals surface area contributed by atoms with Crippen molar-refractivity contribution in [1.82, 2.24) is 15.3 Å². The Bertz CT molecular complexity index is 567. The van der Waals surface area contributed by atoms with Gasteiger partial charge < -0.3 is 10.3 Å². The van der Waals surface area contributed by atoms with Crippen molar-refractivity contribution in [3.63, 3.8) is 0 Å². The van der Waals surface area contributed by atoms with Crippen molar-refractivity contribution in [1.29, 1.82) is 0 Å². The van der Waals surface area contributed by atoms with Crippen molar-refractivity contribution in [2.75, 3.05) is 12.3 Å². The van der Waals surface area contributed by atoms with Gasteiger partial charge in [0, 0.05) is 29.8 Å². The molecule has 0 fully saturated rings. The highest BCUT2D eigenvalue weighted by atomic mass is 32.2. The fraction of sp³-hybridized carbons (Fsp3) is 0.333. The van der Waals surface area contributed by atoms with Crippen molar-refractivity contribution in [3.05, 3.63) is 47.5 Å². The summed E-state index contributed by atoms with van der Waals surface area (Å²) >= 11 is 1.59. The summed E-state index contributed by atoms with van der Waals surface area (Å²) < 4.78 is 0. The van der Waals surface area contributed by atoms with E-state index in [-0.39, 0.29) is 5.91 Å². The molecule has 1 heterocycles. The number of aryl methyl sites for hydroxylation is 2. The summed E-state index contributed by atoms with van der Waals surface area (Å²) in [4.78, 5) is 19.9. The van der Waals surface area contributed by atoms with Crippen molar-refractivity contribution in [2.45, 2.75) is 25.2 Å². The van der Waals surface area contributed by atoms with E-state index in [4.69, 9.17) is 0 Å². The topological polar surface area (TPSA) is 57.8 Å². The standard InChI is InChI=1S/C15H19N3OS/c1-11-3-4-12(2)14(7-11)20-9-15(19)17-6-5-13-8-16-10-18-13/h3-4,7-8,10H,5-6,9H2,1-2H3,(H,16,18)(H,17,19). The maximum atomic E-state index is 11.8. The molecule has 0 saturated heterocycles. The molecule has 2 rings (SSSR count). The van der Waals surface area contributed by atoms with Crippen LogP contribution in [0, 0.1) is 13.8 Å². The molecule has 2 N–H and O–H groups in total. The maximum Gasteiger partial charge on any atom is 0.230 e. The number of aromatic nitrogens is 2. The lowest BCUT2D eigenvalue weighted by molar-refractivity contribution is -0.118. The van der Waals surface area contributed by atoms with E-state index in [1.165, 1.54) is 16.0 Å². The minimum absolute atomic E-state index is 0.0652. The van der Waals surface area contributed by atoms with Gasteiger partial charge in [0.1, 0.15) is 0 Å². The van der Waals surface area contributed by atoms with Gasteiger partial charge in [-0.3, -0.25) is 4.79 Å². The van der Waals surface area contributed by atoms with Crippen LogP contribution < -0.4 is 5.32 Å². The summed E-state index contributed by atoms with van der Waals surface area (Å²) in [6, 6.07) is 6.30. The Morgan fingerprint density at radius 2 is 2.25 bits per heavy atom. The highest BCUT2D eigenvalue weighted by Gasteiger charge is 2.05. The first kappa shape index (κ1) is 14.7. The maximum absolute atomic E-state index is 11.8. The molecule has 0 spiro atoms. The van der Waals surface area contributed by atoms with Gasteiger partial charge in [-0.15, -0.1) is 11.8 Å². The fourth-order valence-corrected chi connectivity index (χ4v) is 2.77. The van der Waals surface area contributed by atoms with E-state index >= 15 is 0 Å². The predicted molar refractivity (Wildman–Crippen MR) is 81.9 cm³/mol. The molecule has 1 amide bonds. The van der Waals surface area contributed by atoms with E-state index in [9.17, 15) is 4.79 Å². The highest BCUT2D eigenvalue weighted by molar-refractivity contribution is 8.00. The second-order valence-corrected chi connectivity index (χ2v) is 5.75. The normalized spacial score (nSPS) is 10.5. The van der Waals surface area contributed by atoms with E-state index in [1.54, 1.807) is 24.3 Å². The smallest absolute Gasteiger partial charge is 0.230 e. The van der Waals surface area contributed by atoms with Crippen LogP contribution in [0.3, 0.4) is 0 Å². The van der Waals surface area contributed by atoms with Crippen molar-refractivity contribution >= 4 is 17.7 Å². The zero-order chi connectivity index (χ0) is 14.4. The number of hydrogen-bond donors (Lipinski definition) is 2. The van der Waals surface area contributed by atoms with Crippen LogP contribution in [-0.2, 0) is 11.2 Å². The molecule has 0 unspecified atom stereocenters. The molecule has 0 radical (unpaired) electrons. The van der Waals surface area contributed by atoms with Crippen LogP contribution in [0.4, 0.5) is 0 Å². The van der Waals surface area contributed by atoms with E-state index < -0.39 is 0 Å². The molecular weight excluding hydrogens is 270 g/mol. The third-order valence-electron chi connectivity index (χ3n) is 2.97. The zero-order valence-corrected chi connectivity index (χ0v) is 12.6. The Hall–Kier alpha value is -1.75. The first-order valence-electron chi connectivity index (χ1n) is 6.59. The van der Waals surface area contributed by atoms with E-state index in [0.717, 1.165) is 12.1 Å². The zero-order valence-electron chi connectivity index (χ0n) is 11.8. The summed E-state index contributed by atoms with van der Waals surface area (Å²) in [5.74, 6) is 0.517. The molecule has 5 heteroatoms. The van der Waals surface area contributed by atoms with Crippen LogP contribution in [0.25, 0.3) is 0 Å². The van der Waals surface area contributed by atoms with Gasteiger partial charge in [-0.05, 0) is 25.5 Å². The molecule has 0 aliphatic carbocycles. The van der Waals surface area contributed by atoms with Gasteiger partial charge in [-0.2, -0.15) is 0 Å². The summed E-state index contributed by atoms with van der Waals surface area (Å²) in [6.45, 7) is 4.76. The molecule has 1 aromatic carbocycles. The summed E-state index contributed by atoms with van der Waals surface area (Å²) in [5.41, 5.74) is 3.47. The molecular formula is C15H19N3OS. The molecule has 20 heavy (non-hydrogen) atoms. The first-order chi connectivity index (χ1) is 9.65. The molecule has 0 atom stereocenters. The van der Waals surface area contributed by atoms with Crippen molar-refractivity contribution in [2.24, 2.45) is 0 Å². The van der Waals surface area contributed by atoms with Crippen LogP contribution in [0.15, 0.2) is 35.6 Å². The van der Waals surface area contributed by atoms with Gasteiger partial charge in [0.25, 0.3) is 0 Å². The number of benzene rings is 1. The molecule has 0 bridgehead atoms. The van der Waals surface area contributed by atoms with Gasteiger partial charge in [-0.25, -0.2) is 4.98 Å². The number of nitrogens with zero attached hydrogens (tertiary/aromatic N) is 1. The number of aromatic amines is 1. The van der Waals surface area contributed by atoms with Gasteiger partial charge in [0.05, 0.1) is 12.1 Å². The second-order valence-electron chi connectivity index (χ2n) is 4.73. The second kappa shape index (κ2) is 7.14. The molecule has 0 saturated carbocycles. The number of carbonyl (C=O) groups excluding carboxylic acids is 1. The minimum Gasteiger partial charge on any atom is -0.355 e. The number of carbonyl (C=O) groups is 1. The van der Waals surface area contributed by atoms with Gasteiger partial charge >= 0.3 is 0 Å². The average molecular weight is 289 g/mol. The van der Waals surface area contributed by atoms with Gasteiger partial charge in [-0.1, -0.05) is 17.7 Å². The Morgan fingerprint density at radius 3 is 3.00 bits per heavy atom. The number of thioether (sulfide) groups is 1. The lowest BCUT2D eigenvalue weighted by Crippen LogP contribution is -2.27. The SMILES string of the molecule is Cc1ccc(C)c(SCC(=O)NCCc2cnc[nH]2)c1. The molecule has 106 valence electrons. The monoisotopic (exact) mass is 289 g/mol. The highest BCUT2D eigenvalue weighted by Crippen LogP contribution is 2.23. The quantitative estimate of drug-likeness (QED) is 0.803. The number of hydrogen-bond acceptors (Lipinski definition) is 3. The Balaban J connectivity index is 1.73. The predicted octanol–water partition coefficient (Wildman–Crippen LogP) is 2.48. The molecule has 0 aliphatic rings. The first-order valence-corrected chi connectivity index (χ1v) is 7.57. The van der Waals surface area contributed by atoms with Crippen LogP contribution in [0.2, 0.25) is 0 Å². The number of nitrogens with one attached hydrogen (secondary N) is 2. The lowest BCUT2D eigenvalue weighted by Gasteiger charge is -2.07. The largest absolute Gasteiger partial charge is 0.355 e. The van der Waals surface area contributed by atoms with Crippen molar-refractivity contribution < 1.29 is 4.79 Å². The third kappa shape index (κ3) is 4.42. The molecule has 1 aromatic heterocycles. The average Bonchev–Trinajstić information content (AvgIpc) is 2.93. The van der Waals surface area contributed by atoms with Crippen LogP contribution in [0.5, 0.6) is 0 Å². The van der Waals surface area contributed by atoms with Gasteiger partial charge in [0.2, 0.25) is 5.91 Å². The summed E-state index contributed by atoms with van der Waals surface area (Å²) in [7, 11) is 0. The number of H-pyrrole nitrogens is 1. The summed E-state index contributed by atoms with van der Waals surface area (Å²) in [5, 5.41) is 2.92. The lowest BCUT2D eigenvalue weighted by atomic mass is 10.2. The number of rotatable bonds is 6. The van der Waals surface area contributed by atoms with E-state index in [0.29, 0.717) is 12.3 Å². The number of imidazole rings is 1. The van der Waals surface area contributed by atoms with Crippen LogP contribution in [0.1, 0.15) is 16.8 Å². The van der Waals surface area contributed by atoms with Crippen LogP contribution >= 0.6 is 11.8 Å². The number of amides is 1. The molecule has 2 aromatic rings. The Kier molecular flexibility index (Phi) is 5.24. The van der Waals surface area contributed by atoms with Crippen LogP contribution in [-0.4, -0.2) is 28.2 Å². The summed E-state index contributed by atoms with van der Waals surface area (Å²) in [6.07, 6.45) is 4.20. The Labute approximate surface area is 123 Å². The fourth-order valence-electron chi connectivity index (χ4n) is 1.82. The minimum atomic E-state index is 0.0652. The Morgan fingerprint density at radius 1 is 1.40 bits per heavy atom. The van der Waals surface area contributed by atoms with Crippen molar-refractivity contribution in [3.8, 4) is 0 Å². The third-order valence-corrected chi connectivity index (χ3v) is 4.13. The molecule has 0 aliphatic heterocycles. The van der Waals surface area contributed by atoms with E-state index in [2.05, 4.69) is 47.3 Å².